The third-order valence-corrected chi connectivity index (χ3v) is 0.809. The molecule has 2 aromatic rings. The van der Waals surface area contributed by atoms with Gasteiger partial charge in [-0.25, -0.2) is 9.97 Å². The maximum atomic E-state index is 4.84. The number of nitrogens with one attached hydrogen (secondary N) is 1. The smallest absolute Gasteiger partial charge is 0.115 e. The minimum atomic E-state index is 0.500. The van der Waals surface area contributed by atoms with Gasteiger partial charge in [0.15, 0.2) is 0 Å². The van der Waals surface area contributed by atoms with E-state index in [1.807, 2.05) is 0 Å². The highest BCUT2D eigenvalue weighted by atomic mass is 32.1. The molecule has 2 rings (SSSR count). The van der Waals surface area contributed by atoms with E-state index in [-0.39, 0.29) is 0 Å². The molecule has 0 fully saturated rings. The molecule has 15 heavy (non-hydrogen) atoms. The second-order valence-electron chi connectivity index (χ2n) is 2.18. The first kappa shape index (κ1) is 13.1. The maximum Gasteiger partial charge on any atom is 0.115 e. The van der Waals surface area contributed by atoms with E-state index >= 15 is 0 Å². The first-order chi connectivity index (χ1) is 7.23. The molecule has 0 atom stereocenters. The number of nitrogens with two attached hydrogens (primary N) is 1. The van der Waals surface area contributed by atoms with Crippen LogP contribution in [0.1, 0.15) is 6.92 Å². The summed E-state index contributed by atoms with van der Waals surface area (Å²) in [6.07, 6.45) is 8.11. The zero-order valence-corrected chi connectivity index (χ0v) is 9.06. The Morgan fingerprint density at radius 3 is 2.00 bits per heavy atom. The Balaban J connectivity index is 0.000000202. The number of aromatic nitrogens is 5. The molecule has 0 amide bonds. The van der Waals surface area contributed by atoms with Crippen LogP contribution in [0.2, 0.25) is 0 Å². The summed E-state index contributed by atoms with van der Waals surface area (Å²) in [5.74, 6) is 0. The van der Waals surface area contributed by atoms with Gasteiger partial charge in [0.05, 0.1) is 11.2 Å². The van der Waals surface area contributed by atoms with E-state index in [0.717, 1.165) is 0 Å². The van der Waals surface area contributed by atoms with Gasteiger partial charge in [-0.1, -0.05) is 17.4 Å². The number of rotatable bonds is 0. The van der Waals surface area contributed by atoms with Gasteiger partial charge in [0.25, 0.3) is 0 Å². The fraction of sp³-hybridized carbons (Fsp3) is 0.125. The summed E-state index contributed by atoms with van der Waals surface area (Å²) in [4.78, 5) is 7.85. The van der Waals surface area contributed by atoms with Crippen molar-refractivity contribution in [2.75, 3.05) is 0 Å². The summed E-state index contributed by atoms with van der Waals surface area (Å²) in [5, 5.41) is 9.26. The molecule has 0 spiro atoms. The van der Waals surface area contributed by atoms with Crippen molar-refractivity contribution >= 4 is 17.2 Å². The quantitative estimate of drug-likeness (QED) is 0.635. The third-order valence-electron chi connectivity index (χ3n) is 0.809. The van der Waals surface area contributed by atoms with E-state index in [9.17, 15) is 0 Å². The monoisotopic (exact) mass is 224 g/mol. The van der Waals surface area contributed by atoms with Gasteiger partial charge in [-0.05, 0) is 13.0 Å². The van der Waals surface area contributed by atoms with Crippen LogP contribution in [0.25, 0.3) is 0 Å². The number of hydrogen-bond acceptors (Lipinski definition) is 5. The molecule has 0 saturated carbocycles. The van der Waals surface area contributed by atoms with Gasteiger partial charge >= 0.3 is 0 Å². The Kier molecular flexibility index (Phi) is 8.91. The molecule has 3 N–H and O–H groups in total. The number of thiocarbonyl (C=S) groups is 1. The third kappa shape index (κ3) is 14.9. The zero-order chi connectivity index (χ0) is 11.4. The number of aromatic amines is 1. The summed E-state index contributed by atoms with van der Waals surface area (Å²) in [7, 11) is 0. The summed E-state index contributed by atoms with van der Waals surface area (Å²) in [6, 6.07) is 1.78. The fourth-order valence-electron chi connectivity index (χ4n) is 0.420. The zero-order valence-electron chi connectivity index (χ0n) is 8.24. The van der Waals surface area contributed by atoms with E-state index in [0.29, 0.717) is 4.99 Å². The molecule has 0 bridgehead atoms. The predicted molar refractivity (Wildman–Crippen MR) is 60.9 cm³/mol. The van der Waals surface area contributed by atoms with Crippen molar-refractivity contribution in [3.8, 4) is 0 Å². The lowest BCUT2D eigenvalue weighted by Gasteiger charge is -1.70. The van der Waals surface area contributed by atoms with Gasteiger partial charge in [-0.3, -0.25) is 5.10 Å². The molecule has 0 unspecified atom stereocenters. The van der Waals surface area contributed by atoms with E-state index in [2.05, 4.69) is 37.6 Å². The normalized spacial score (nSPS) is 7.53. The Hall–Kier alpha value is -1.89. The fourth-order valence-corrected chi connectivity index (χ4v) is 0.420. The van der Waals surface area contributed by atoms with Crippen molar-refractivity contribution in [2.24, 2.45) is 5.73 Å². The van der Waals surface area contributed by atoms with Crippen molar-refractivity contribution in [1.82, 2.24) is 25.4 Å². The van der Waals surface area contributed by atoms with Crippen LogP contribution in [0.3, 0.4) is 0 Å². The average Bonchev–Trinajstić information content (AvgIpc) is 2.77. The molecule has 0 aliphatic rings. The van der Waals surface area contributed by atoms with Crippen molar-refractivity contribution in [3.63, 3.8) is 0 Å². The van der Waals surface area contributed by atoms with E-state index in [4.69, 9.17) is 5.73 Å². The topological polar surface area (TPSA) is 93.4 Å². The molecule has 7 heteroatoms. The highest BCUT2D eigenvalue weighted by Gasteiger charge is 1.59. The molecule has 0 aromatic carbocycles. The summed E-state index contributed by atoms with van der Waals surface area (Å²) in [5.41, 5.74) is 4.84. The first-order valence-corrected chi connectivity index (χ1v) is 4.40. The molecule has 0 aliphatic carbocycles. The molecule has 0 saturated heterocycles. The molecule has 0 aliphatic heterocycles. The van der Waals surface area contributed by atoms with Crippen LogP contribution < -0.4 is 5.73 Å². The molecule has 0 radical (unpaired) electrons. The lowest BCUT2D eigenvalue weighted by Crippen LogP contribution is -1.98. The molecular weight excluding hydrogens is 212 g/mol. The van der Waals surface area contributed by atoms with Crippen LogP contribution in [0.4, 0.5) is 0 Å². The maximum absolute atomic E-state index is 4.84. The van der Waals surface area contributed by atoms with E-state index in [1.165, 1.54) is 6.33 Å². The van der Waals surface area contributed by atoms with Gasteiger partial charge in [0, 0.05) is 18.6 Å². The lowest BCUT2D eigenvalue weighted by molar-refractivity contribution is 0.940. The molecule has 2 heterocycles. The van der Waals surface area contributed by atoms with Gasteiger partial charge in [-0.2, -0.15) is 0 Å². The highest BCUT2D eigenvalue weighted by Crippen LogP contribution is 1.66. The van der Waals surface area contributed by atoms with Crippen LogP contribution in [0.15, 0.2) is 37.2 Å². The Morgan fingerprint density at radius 1 is 1.27 bits per heavy atom. The Bertz CT molecular complexity index is 274. The van der Waals surface area contributed by atoms with E-state index in [1.54, 1.807) is 37.8 Å². The highest BCUT2D eigenvalue weighted by molar-refractivity contribution is 7.80. The largest absolute Gasteiger partial charge is 0.394 e. The SMILES string of the molecule is CC(N)=S.c1c[nH]nn1.c1cncnc1. The molecular formula is C8H12N6S. The molecule has 2 aromatic heterocycles. The summed E-state index contributed by atoms with van der Waals surface area (Å²) < 4.78 is 0. The van der Waals surface area contributed by atoms with Gasteiger partial charge in [0.2, 0.25) is 0 Å². The van der Waals surface area contributed by atoms with Gasteiger partial charge in [0.1, 0.15) is 6.33 Å². The van der Waals surface area contributed by atoms with Crippen LogP contribution in [-0.4, -0.2) is 30.4 Å². The minimum Gasteiger partial charge on any atom is -0.394 e. The van der Waals surface area contributed by atoms with Crippen molar-refractivity contribution in [1.29, 1.82) is 0 Å². The van der Waals surface area contributed by atoms with Crippen LogP contribution in [0.5, 0.6) is 0 Å². The first-order valence-electron chi connectivity index (χ1n) is 4.00. The van der Waals surface area contributed by atoms with Crippen molar-refractivity contribution in [3.05, 3.63) is 37.2 Å². The van der Waals surface area contributed by atoms with Gasteiger partial charge < -0.3 is 5.73 Å². The standard InChI is InChI=1S/C4H4N2.C2H3N3.C2H5NS/c1-2-5-4-6-3-1;1-2-4-5-3-1;1-2(3)4/h1-4H;1-2H,(H,3,4,5);1H3,(H2,3,4). The predicted octanol–water partition coefficient (Wildman–Crippen LogP) is 0.574. The van der Waals surface area contributed by atoms with Crippen molar-refractivity contribution < 1.29 is 0 Å². The number of hydrogen-bond donors (Lipinski definition) is 2. The minimum absolute atomic E-state index is 0.500. The Morgan fingerprint density at radius 2 is 1.87 bits per heavy atom. The van der Waals surface area contributed by atoms with Crippen LogP contribution in [0, 0.1) is 0 Å². The second-order valence-corrected chi connectivity index (χ2v) is 2.82. The van der Waals surface area contributed by atoms with Crippen LogP contribution in [-0.2, 0) is 0 Å². The second kappa shape index (κ2) is 10.2. The summed E-state index contributed by atoms with van der Waals surface area (Å²) in [6.45, 7) is 1.68. The molecule has 6 nitrogen and oxygen atoms in total. The Labute approximate surface area is 93.0 Å². The molecule has 80 valence electrons. The van der Waals surface area contributed by atoms with Gasteiger partial charge in [-0.15, -0.1) is 5.10 Å². The summed E-state index contributed by atoms with van der Waals surface area (Å²) >= 11 is 4.31. The van der Waals surface area contributed by atoms with E-state index < -0.39 is 0 Å². The number of H-pyrrole nitrogens is 1. The van der Waals surface area contributed by atoms with Crippen molar-refractivity contribution in [2.45, 2.75) is 6.92 Å². The number of nitrogens with zero attached hydrogens (tertiary/aromatic N) is 4. The van der Waals surface area contributed by atoms with Crippen LogP contribution >= 0.6 is 12.2 Å². The lowest BCUT2D eigenvalue weighted by atomic mass is 10.7. The average molecular weight is 224 g/mol.